The van der Waals surface area contributed by atoms with Crippen LogP contribution >= 0.6 is 0 Å². The summed E-state index contributed by atoms with van der Waals surface area (Å²) in [7, 11) is 3.85. The maximum absolute atomic E-state index is 13.3. The van der Waals surface area contributed by atoms with Gasteiger partial charge in [-0.05, 0) is 33.2 Å². The number of ketones is 1. The second-order valence-corrected chi connectivity index (χ2v) is 8.75. The fourth-order valence-electron chi connectivity index (χ4n) is 4.78. The van der Waals surface area contributed by atoms with E-state index in [1.807, 2.05) is 74.4 Å². The fourth-order valence-corrected chi connectivity index (χ4v) is 4.78. The summed E-state index contributed by atoms with van der Waals surface area (Å²) < 4.78 is 0. The molecule has 3 N–H and O–H groups in total. The van der Waals surface area contributed by atoms with Crippen molar-refractivity contribution in [3.8, 4) is 0 Å². The number of rotatable bonds is 5. The number of likely N-dealkylation sites (tertiary alicyclic amines) is 1. The highest BCUT2D eigenvalue weighted by molar-refractivity contribution is 6.47. The molecule has 0 saturated carbocycles. The number of H-pyrrole nitrogens is 2. The topological polar surface area (TPSA) is 92.4 Å². The minimum atomic E-state index is -0.685. The summed E-state index contributed by atoms with van der Waals surface area (Å²) in [6.07, 6.45) is 1.69. The van der Waals surface area contributed by atoms with Crippen molar-refractivity contribution in [2.24, 2.45) is 0 Å². The summed E-state index contributed by atoms with van der Waals surface area (Å²) in [5.74, 6) is -1.41. The largest absolute Gasteiger partial charge is 0.507 e. The molecule has 168 valence electrons. The molecule has 0 spiro atoms. The minimum Gasteiger partial charge on any atom is -0.507 e. The Labute approximate surface area is 191 Å². The molecule has 0 bridgehead atoms. The van der Waals surface area contributed by atoms with E-state index in [4.69, 9.17) is 0 Å². The monoisotopic (exact) mass is 442 g/mol. The molecule has 33 heavy (non-hydrogen) atoms. The van der Waals surface area contributed by atoms with Crippen molar-refractivity contribution in [1.82, 2.24) is 19.8 Å². The molecule has 1 amide bonds. The molecule has 0 radical (unpaired) electrons. The highest BCUT2D eigenvalue weighted by atomic mass is 16.3. The molecule has 5 rings (SSSR count). The Hall–Kier alpha value is -3.84. The van der Waals surface area contributed by atoms with Gasteiger partial charge >= 0.3 is 0 Å². The molecule has 7 heteroatoms. The van der Waals surface area contributed by atoms with Crippen molar-refractivity contribution in [3.05, 3.63) is 77.1 Å². The van der Waals surface area contributed by atoms with Crippen LogP contribution in [0.1, 0.15) is 22.9 Å². The standard InChI is InChI=1S/C26H26N4O3/c1-15-21(17-9-5-7-11-20(17)28-15)23-22(25(32)26(33)30(23)13-12-29(2)3)24(31)18-14-27-19-10-6-4-8-16(18)19/h4-11,14,23,27-28,31H,12-13H2,1-3H3/b24-22+. The SMILES string of the molecule is Cc1[nH]c2ccccc2c1C1/C(=C(\O)c2c[nH]c3ccccc23)C(=O)C(=O)N1CCN(C)C. The number of fused-ring (bicyclic) bond motifs is 2. The van der Waals surface area contributed by atoms with Gasteiger partial charge in [-0.2, -0.15) is 0 Å². The van der Waals surface area contributed by atoms with Gasteiger partial charge in [0.1, 0.15) is 5.76 Å². The third-order valence-corrected chi connectivity index (χ3v) is 6.39. The number of aromatic nitrogens is 2. The molecule has 1 saturated heterocycles. The first-order chi connectivity index (χ1) is 15.9. The number of likely N-dealkylation sites (N-methyl/N-ethyl adjacent to an activating group) is 1. The molecule has 4 aromatic rings. The summed E-state index contributed by atoms with van der Waals surface area (Å²) in [6.45, 7) is 2.90. The molecule has 2 aromatic heterocycles. The van der Waals surface area contributed by atoms with Crippen molar-refractivity contribution in [2.75, 3.05) is 27.2 Å². The smallest absolute Gasteiger partial charge is 0.295 e. The molecule has 1 atom stereocenters. The van der Waals surface area contributed by atoms with E-state index in [2.05, 4.69) is 9.97 Å². The Balaban J connectivity index is 1.76. The summed E-state index contributed by atoms with van der Waals surface area (Å²) >= 11 is 0. The molecule has 3 heterocycles. The van der Waals surface area contributed by atoms with E-state index in [-0.39, 0.29) is 11.3 Å². The maximum Gasteiger partial charge on any atom is 0.295 e. The lowest BCUT2D eigenvalue weighted by atomic mass is 9.93. The zero-order valence-electron chi connectivity index (χ0n) is 18.8. The van der Waals surface area contributed by atoms with E-state index >= 15 is 0 Å². The van der Waals surface area contributed by atoms with Gasteiger partial charge in [0.15, 0.2) is 0 Å². The Morgan fingerprint density at radius 1 is 1.03 bits per heavy atom. The highest BCUT2D eigenvalue weighted by Gasteiger charge is 2.47. The third-order valence-electron chi connectivity index (χ3n) is 6.39. The first-order valence-corrected chi connectivity index (χ1v) is 10.9. The zero-order chi connectivity index (χ0) is 23.3. The maximum atomic E-state index is 13.3. The number of aliphatic hydroxyl groups is 1. The van der Waals surface area contributed by atoms with Crippen molar-refractivity contribution in [3.63, 3.8) is 0 Å². The number of hydrogen-bond acceptors (Lipinski definition) is 4. The van der Waals surface area contributed by atoms with E-state index in [9.17, 15) is 14.7 Å². The number of nitrogens with zero attached hydrogens (tertiary/aromatic N) is 2. The lowest BCUT2D eigenvalue weighted by Crippen LogP contribution is -2.35. The lowest BCUT2D eigenvalue weighted by molar-refractivity contribution is -0.140. The number of benzene rings is 2. The number of hydrogen-bond donors (Lipinski definition) is 3. The van der Waals surface area contributed by atoms with E-state index in [0.717, 1.165) is 33.1 Å². The Kier molecular flexibility index (Phi) is 5.06. The van der Waals surface area contributed by atoms with Gasteiger partial charge in [-0.1, -0.05) is 36.4 Å². The number of aryl methyl sites for hydroxylation is 1. The van der Waals surface area contributed by atoms with E-state index in [1.54, 1.807) is 11.1 Å². The number of nitrogens with one attached hydrogen (secondary N) is 2. The van der Waals surface area contributed by atoms with Gasteiger partial charge in [0, 0.05) is 57.9 Å². The van der Waals surface area contributed by atoms with Gasteiger partial charge < -0.3 is 24.9 Å². The number of Topliss-reactive ketones (excluding diaryl/α,β-unsaturated/α-hetero) is 1. The molecule has 1 aliphatic heterocycles. The van der Waals surface area contributed by atoms with E-state index in [0.29, 0.717) is 18.7 Å². The van der Waals surface area contributed by atoms with Crippen LogP contribution in [-0.4, -0.2) is 63.7 Å². The quantitative estimate of drug-likeness (QED) is 0.248. The van der Waals surface area contributed by atoms with Crippen LogP contribution in [0.25, 0.3) is 27.6 Å². The normalized spacial score (nSPS) is 18.3. The predicted octanol–water partition coefficient (Wildman–Crippen LogP) is 3.94. The van der Waals surface area contributed by atoms with Crippen LogP contribution in [0.2, 0.25) is 0 Å². The average Bonchev–Trinajstić information content (AvgIpc) is 3.44. The van der Waals surface area contributed by atoms with E-state index < -0.39 is 17.7 Å². The van der Waals surface area contributed by atoms with Gasteiger partial charge in [0.25, 0.3) is 11.7 Å². The fraction of sp³-hybridized carbons (Fsp3) is 0.231. The van der Waals surface area contributed by atoms with Crippen LogP contribution in [0.3, 0.4) is 0 Å². The zero-order valence-corrected chi connectivity index (χ0v) is 18.8. The van der Waals surface area contributed by atoms with Gasteiger partial charge in [0.2, 0.25) is 0 Å². The summed E-state index contributed by atoms with van der Waals surface area (Å²) in [6, 6.07) is 14.7. The second kappa shape index (κ2) is 7.94. The van der Waals surface area contributed by atoms with Gasteiger partial charge in [0.05, 0.1) is 11.6 Å². The van der Waals surface area contributed by atoms with Crippen molar-refractivity contribution >= 4 is 39.3 Å². The predicted molar refractivity (Wildman–Crippen MR) is 129 cm³/mol. The molecule has 1 aliphatic rings. The summed E-state index contributed by atoms with van der Waals surface area (Å²) in [5.41, 5.74) is 4.11. The van der Waals surface area contributed by atoms with Gasteiger partial charge in [-0.3, -0.25) is 9.59 Å². The van der Waals surface area contributed by atoms with Crippen LogP contribution in [0.4, 0.5) is 0 Å². The molecule has 1 fully saturated rings. The summed E-state index contributed by atoms with van der Waals surface area (Å²) in [5, 5.41) is 13.2. The van der Waals surface area contributed by atoms with Crippen LogP contribution < -0.4 is 0 Å². The van der Waals surface area contributed by atoms with Crippen LogP contribution in [-0.2, 0) is 9.59 Å². The number of amides is 1. The number of para-hydroxylation sites is 2. The Bertz CT molecular complexity index is 1430. The summed E-state index contributed by atoms with van der Waals surface area (Å²) in [4.78, 5) is 36.6. The minimum absolute atomic E-state index is 0.122. The number of aromatic amines is 2. The van der Waals surface area contributed by atoms with Gasteiger partial charge in [-0.25, -0.2) is 0 Å². The van der Waals surface area contributed by atoms with Crippen LogP contribution in [0.15, 0.2) is 60.3 Å². The highest BCUT2D eigenvalue weighted by Crippen LogP contribution is 2.43. The van der Waals surface area contributed by atoms with E-state index in [1.165, 1.54) is 0 Å². The van der Waals surface area contributed by atoms with Crippen LogP contribution in [0.5, 0.6) is 0 Å². The van der Waals surface area contributed by atoms with Crippen molar-refractivity contribution < 1.29 is 14.7 Å². The number of carbonyl (C=O) groups is 2. The molecule has 1 unspecified atom stereocenters. The molecular weight excluding hydrogens is 416 g/mol. The van der Waals surface area contributed by atoms with Crippen molar-refractivity contribution in [1.29, 1.82) is 0 Å². The number of aliphatic hydroxyl groups excluding tert-OH is 1. The van der Waals surface area contributed by atoms with Crippen LogP contribution in [0, 0.1) is 6.92 Å². The average molecular weight is 443 g/mol. The molecule has 7 nitrogen and oxygen atoms in total. The molecule has 2 aromatic carbocycles. The molecule has 0 aliphatic carbocycles. The number of carbonyl (C=O) groups excluding carboxylic acids is 2. The Morgan fingerprint density at radius 2 is 1.70 bits per heavy atom. The first-order valence-electron chi connectivity index (χ1n) is 10.9. The Morgan fingerprint density at radius 3 is 2.42 bits per heavy atom. The second-order valence-electron chi connectivity index (χ2n) is 8.75. The lowest BCUT2D eigenvalue weighted by Gasteiger charge is -2.26. The van der Waals surface area contributed by atoms with Crippen molar-refractivity contribution in [2.45, 2.75) is 13.0 Å². The third kappa shape index (κ3) is 3.32. The first kappa shape index (κ1) is 21.0. The molecular formula is C26H26N4O3. The van der Waals surface area contributed by atoms with Gasteiger partial charge in [-0.15, -0.1) is 0 Å².